The van der Waals surface area contributed by atoms with E-state index in [0.29, 0.717) is 11.7 Å². The van der Waals surface area contributed by atoms with Crippen molar-refractivity contribution >= 4 is 10.0 Å². The largest absolute Gasteiger partial charge is 0.444 e. The molecule has 2 rings (SSSR count). The minimum Gasteiger partial charge on any atom is -0.444 e. The highest BCUT2D eigenvalue weighted by atomic mass is 32.2. The lowest BCUT2D eigenvalue weighted by Crippen LogP contribution is -2.27. The van der Waals surface area contributed by atoms with Gasteiger partial charge in [-0.25, -0.2) is 13.4 Å². The molecule has 0 saturated heterocycles. The molecule has 2 aromatic rings. The number of hydrogen-bond donors (Lipinski definition) is 2. The average Bonchev–Trinajstić information content (AvgIpc) is 2.86. The summed E-state index contributed by atoms with van der Waals surface area (Å²) in [4.78, 5) is 3.96. The molecule has 2 heterocycles. The van der Waals surface area contributed by atoms with E-state index >= 15 is 0 Å². The van der Waals surface area contributed by atoms with Gasteiger partial charge in [0.05, 0.1) is 18.4 Å². The van der Waals surface area contributed by atoms with Gasteiger partial charge in [0.1, 0.15) is 5.76 Å². The Balaban J connectivity index is 2.17. The summed E-state index contributed by atoms with van der Waals surface area (Å²) in [5.74, 6) is 0.957. The topological polar surface area (TPSA) is 101 Å². The second kappa shape index (κ2) is 4.30. The van der Waals surface area contributed by atoms with Crippen molar-refractivity contribution in [2.45, 2.75) is 24.9 Å². The molecule has 1 atom stereocenters. The van der Waals surface area contributed by atoms with Crippen LogP contribution in [-0.2, 0) is 10.0 Å². The van der Waals surface area contributed by atoms with Gasteiger partial charge in [-0.05, 0) is 19.9 Å². The Morgan fingerprint density at radius 3 is 2.82 bits per heavy atom. The minimum atomic E-state index is -3.62. The number of rotatable bonds is 4. The van der Waals surface area contributed by atoms with Gasteiger partial charge in [0.25, 0.3) is 10.0 Å². The molecule has 0 saturated carbocycles. The summed E-state index contributed by atoms with van der Waals surface area (Å²) in [7, 11) is -3.62. The van der Waals surface area contributed by atoms with Crippen LogP contribution in [0.2, 0.25) is 0 Å². The van der Waals surface area contributed by atoms with E-state index in [1.165, 1.54) is 18.5 Å². The first kappa shape index (κ1) is 11.8. The van der Waals surface area contributed by atoms with Crippen molar-refractivity contribution in [3.05, 3.63) is 30.1 Å². The Morgan fingerprint density at radius 2 is 2.29 bits per heavy atom. The molecule has 7 nitrogen and oxygen atoms in total. The number of aromatic nitrogens is 3. The highest BCUT2D eigenvalue weighted by Gasteiger charge is 2.21. The second-order valence-corrected chi connectivity index (χ2v) is 5.26. The molecule has 2 N–H and O–H groups in total. The van der Waals surface area contributed by atoms with Gasteiger partial charge in [0, 0.05) is 0 Å². The number of aryl methyl sites for hydroxylation is 1. The third-order valence-corrected chi connectivity index (χ3v) is 3.58. The zero-order valence-corrected chi connectivity index (χ0v) is 10.2. The molecule has 17 heavy (non-hydrogen) atoms. The van der Waals surface area contributed by atoms with E-state index in [0.717, 1.165) is 0 Å². The molecule has 2 aromatic heterocycles. The van der Waals surface area contributed by atoms with E-state index < -0.39 is 16.1 Å². The van der Waals surface area contributed by atoms with Crippen LogP contribution in [0.25, 0.3) is 0 Å². The number of hydrogen-bond acceptors (Lipinski definition) is 5. The van der Waals surface area contributed by atoms with Crippen molar-refractivity contribution in [2.24, 2.45) is 0 Å². The smallest absolute Gasteiger partial charge is 0.258 e. The van der Waals surface area contributed by atoms with Crippen molar-refractivity contribution in [3.8, 4) is 0 Å². The molecule has 1 unspecified atom stereocenters. The average molecular weight is 256 g/mol. The number of H-pyrrole nitrogens is 1. The molecular formula is C9H12N4O3S. The number of nitrogens with one attached hydrogen (secondary N) is 2. The third kappa shape index (κ3) is 2.53. The van der Waals surface area contributed by atoms with Crippen LogP contribution in [0.1, 0.15) is 24.6 Å². The molecule has 0 fully saturated rings. The first-order chi connectivity index (χ1) is 7.99. The fourth-order valence-electron chi connectivity index (χ4n) is 1.31. The van der Waals surface area contributed by atoms with Crippen LogP contribution >= 0.6 is 0 Å². The van der Waals surface area contributed by atoms with Crippen LogP contribution < -0.4 is 4.72 Å². The summed E-state index contributed by atoms with van der Waals surface area (Å²) in [5.41, 5.74) is 0. The quantitative estimate of drug-likeness (QED) is 0.840. The van der Waals surface area contributed by atoms with Gasteiger partial charge in [-0.3, -0.25) is 5.10 Å². The lowest BCUT2D eigenvalue weighted by Gasteiger charge is -2.09. The first-order valence-corrected chi connectivity index (χ1v) is 6.41. The zero-order chi connectivity index (χ0) is 12.5. The monoisotopic (exact) mass is 256 g/mol. The van der Waals surface area contributed by atoms with Gasteiger partial charge in [-0.1, -0.05) is 0 Å². The van der Waals surface area contributed by atoms with Gasteiger partial charge in [0.15, 0.2) is 5.03 Å². The predicted octanol–water partition coefficient (Wildman–Crippen LogP) is 0.746. The van der Waals surface area contributed by atoms with Crippen LogP contribution in [0.3, 0.4) is 0 Å². The lowest BCUT2D eigenvalue weighted by molar-refractivity contribution is 0.427. The van der Waals surface area contributed by atoms with Gasteiger partial charge in [-0.2, -0.15) is 9.82 Å². The number of oxazole rings is 1. The molecule has 0 radical (unpaired) electrons. The van der Waals surface area contributed by atoms with Gasteiger partial charge >= 0.3 is 0 Å². The highest BCUT2D eigenvalue weighted by Crippen LogP contribution is 2.15. The Bertz CT molecular complexity index is 588. The molecular weight excluding hydrogens is 244 g/mol. The van der Waals surface area contributed by atoms with Crippen LogP contribution in [0.4, 0.5) is 0 Å². The molecule has 0 aliphatic heterocycles. The number of sulfonamides is 1. The van der Waals surface area contributed by atoms with Gasteiger partial charge in [0.2, 0.25) is 5.89 Å². The summed E-state index contributed by atoms with van der Waals surface area (Å²) < 4.78 is 31.3. The molecule has 92 valence electrons. The Labute approximate surface area is 98.3 Å². The van der Waals surface area contributed by atoms with Crippen molar-refractivity contribution in [1.82, 2.24) is 19.9 Å². The third-order valence-electron chi connectivity index (χ3n) is 2.11. The number of aromatic amines is 1. The van der Waals surface area contributed by atoms with E-state index in [1.54, 1.807) is 13.8 Å². The van der Waals surface area contributed by atoms with Crippen molar-refractivity contribution in [2.75, 3.05) is 0 Å². The summed E-state index contributed by atoms with van der Waals surface area (Å²) in [6.45, 7) is 3.39. The molecule has 0 aliphatic carbocycles. The molecule has 0 amide bonds. The maximum Gasteiger partial charge on any atom is 0.258 e. The lowest BCUT2D eigenvalue weighted by atomic mass is 10.4. The van der Waals surface area contributed by atoms with E-state index in [1.807, 2.05) is 0 Å². The van der Waals surface area contributed by atoms with Crippen LogP contribution in [0.15, 0.2) is 27.9 Å². The molecule has 8 heteroatoms. The molecule has 0 aliphatic rings. The van der Waals surface area contributed by atoms with Crippen molar-refractivity contribution in [3.63, 3.8) is 0 Å². The number of nitrogens with zero attached hydrogens (tertiary/aromatic N) is 2. The summed E-state index contributed by atoms with van der Waals surface area (Å²) in [6.07, 6.45) is 2.91. The maximum atomic E-state index is 11.8. The maximum absolute atomic E-state index is 11.8. The van der Waals surface area contributed by atoms with Crippen molar-refractivity contribution < 1.29 is 12.8 Å². The van der Waals surface area contributed by atoms with Crippen molar-refractivity contribution in [1.29, 1.82) is 0 Å². The van der Waals surface area contributed by atoms with Gasteiger partial charge < -0.3 is 4.42 Å². The SMILES string of the molecule is Cc1cnc(C(C)NS(=O)(=O)c2ccn[nH]2)o1. The fourth-order valence-corrected chi connectivity index (χ4v) is 2.42. The highest BCUT2D eigenvalue weighted by molar-refractivity contribution is 7.89. The predicted molar refractivity (Wildman–Crippen MR) is 58.6 cm³/mol. The van der Waals surface area contributed by atoms with E-state index in [2.05, 4.69) is 19.9 Å². The van der Waals surface area contributed by atoms with E-state index in [4.69, 9.17) is 4.42 Å². The van der Waals surface area contributed by atoms with E-state index in [9.17, 15) is 8.42 Å². The standard InChI is InChI=1S/C9H12N4O3S/c1-6-5-10-9(16-6)7(2)13-17(14,15)8-3-4-11-12-8/h3-5,7,13H,1-2H3,(H,11,12). The fraction of sp³-hybridized carbons (Fsp3) is 0.333. The minimum absolute atomic E-state index is 0.00706. The van der Waals surface area contributed by atoms with Crippen LogP contribution in [0, 0.1) is 6.92 Å². The zero-order valence-electron chi connectivity index (χ0n) is 9.34. The summed E-state index contributed by atoms with van der Waals surface area (Å²) >= 11 is 0. The van der Waals surface area contributed by atoms with Gasteiger partial charge in [-0.15, -0.1) is 0 Å². The van der Waals surface area contributed by atoms with Crippen LogP contribution in [0.5, 0.6) is 0 Å². The molecule has 0 spiro atoms. The normalized spacial score (nSPS) is 13.8. The Kier molecular flexibility index (Phi) is 2.99. The summed E-state index contributed by atoms with van der Waals surface area (Å²) in [5, 5.41) is 5.98. The second-order valence-electron chi connectivity index (χ2n) is 3.57. The summed E-state index contributed by atoms with van der Waals surface area (Å²) in [6, 6.07) is 0.826. The molecule has 0 aromatic carbocycles. The van der Waals surface area contributed by atoms with E-state index in [-0.39, 0.29) is 5.03 Å². The Hall–Kier alpha value is -1.67. The Morgan fingerprint density at radius 1 is 1.53 bits per heavy atom. The first-order valence-electron chi connectivity index (χ1n) is 4.93. The molecule has 0 bridgehead atoms. The van der Waals surface area contributed by atoms with Crippen LogP contribution in [-0.4, -0.2) is 23.6 Å².